The van der Waals surface area contributed by atoms with Crippen molar-refractivity contribution in [1.29, 1.82) is 5.26 Å². The first-order chi connectivity index (χ1) is 8.31. The number of methoxy groups -OCH3 is 1. The van der Waals surface area contributed by atoms with Gasteiger partial charge in [0.1, 0.15) is 18.4 Å². The molecule has 0 heterocycles. The Balaban J connectivity index is 2.69. The first-order valence-corrected chi connectivity index (χ1v) is 5.56. The third kappa shape index (κ3) is 4.15. The van der Waals surface area contributed by atoms with E-state index < -0.39 is 0 Å². The summed E-state index contributed by atoms with van der Waals surface area (Å²) in [7, 11) is 1.60. The van der Waals surface area contributed by atoms with Gasteiger partial charge in [0.25, 0.3) is 0 Å². The molecule has 1 aromatic carbocycles. The van der Waals surface area contributed by atoms with Crippen molar-refractivity contribution >= 4 is 5.71 Å². The predicted octanol–water partition coefficient (Wildman–Crippen LogP) is 2.74. The first kappa shape index (κ1) is 13.0. The average Bonchev–Trinajstić information content (AvgIpc) is 2.39. The van der Waals surface area contributed by atoms with Crippen molar-refractivity contribution in [2.24, 2.45) is 5.16 Å². The van der Waals surface area contributed by atoms with Crippen LogP contribution in [-0.4, -0.2) is 19.4 Å². The molecule has 0 spiro atoms. The molecule has 4 heteroatoms. The van der Waals surface area contributed by atoms with E-state index in [1.807, 2.05) is 6.07 Å². The molecule has 0 saturated heterocycles. The molecule has 1 rings (SSSR count). The fourth-order valence-electron chi connectivity index (χ4n) is 1.21. The minimum Gasteiger partial charge on any atom is -0.497 e. The second-order valence-electron chi connectivity index (χ2n) is 3.47. The van der Waals surface area contributed by atoms with E-state index in [1.165, 1.54) is 0 Å². The summed E-state index contributed by atoms with van der Waals surface area (Å²) < 4.78 is 5.04. The summed E-state index contributed by atoms with van der Waals surface area (Å²) in [6, 6.07) is 9.15. The summed E-state index contributed by atoms with van der Waals surface area (Å²) in [4.78, 5) is 5.07. The second kappa shape index (κ2) is 7.29. The molecule has 90 valence electrons. The molecule has 0 bridgehead atoms. The molecule has 0 saturated carbocycles. The Hall–Kier alpha value is -2.02. The van der Waals surface area contributed by atoms with Crippen LogP contribution in [0.3, 0.4) is 0 Å². The van der Waals surface area contributed by atoms with Crippen molar-refractivity contribution in [3.05, 3.63) is 29.8 Å². The summed E-state index contributed by atoms with van der Waals surface area (Å²) in [5.41, 5.74) is 1.01. The monoisotopic (exact) mass is 232 g/mol. The van der Waals surface area contributed by atoms with E-state index in [1.54, 1.807) is 31.4 Å². The van der Waals surface area contributed by atoms with Crippen LogP contribution in [0.25, 0.3) is 0 Å². The highest BCUT2D eigenvalue weighted by atomic mass is 16.6. The Kier molecular flexibility index (Phi) is 5.59. The summed E-state index contributed by atoms with van der Waals surface area (Å²) >= 11 is 0. The second-order valence-corrected chi connectivity index (χ2v) is 3.47. The lowest BCUT2D eigenvalue weighted by Gasteiger charge is -2.02. The lowest BCUT2D eigenvalue weighted by atomic mass is 10.1. The van der Waals surface area contributed by atoms with Crippen LogP contribution in [0.5, 0.6) is 5.75 Å². The topological polar surface area (TPSA) is 54.6 Å². The van der Waals surface area contributed by atoms with E-state index in [0.29, 0.717) is 6.61 Å². The molecule has 0 aliphatic rings. The standard InChI is InChI=1S/C13H16N2O2/c1-3-4-9-17-15-13(10-14)11-5-7-12(16-2)8-6-11/h5-8H,3-4,9H2,1-2H3/b15-13-. The molecular weight excluding hydrogens is 216 g/mol. The molecule has 0 aliphatic carbocycles. The van der Waals surface area contributed by atoms with Gasteiger partial charge in [-0.15, -0.1) is 0 Å². The maximum absolute atomic E-state index is 8.97. The first-order valence-electron chi connectivity index (χ1n) is 5.56. The largest absolute Gasteiger partial charge is 0.497 e. The van der Waals surface area contributed by atoms with Gasteiger partial charge < -0.3 is 9.57 Å². The molecule has 0 radical (unpaired) electrons. The lowest BCUT2D eigenvalue weighted by Crippen LogP contribution is -1.99. The Morgan fingerprint density at radius 3 is 2.59 bits per heavy atom. The number of hydrogen-bond donors (Lipinski definition) is 0. The molecule has 0 N–H and O–H groups in total. The van der Waals surface area contributed by atoms with Crippen LogP contribution < -0.4 is 4.74 Å². The number of rotatable bonds is 6. The molecule has 0 amide bonds. The van der Waals surface area contributed by atoms with Gasteiger partial charge in [-0.3, -0.25) is 0 Å². The number of nitriles is 1. The zero-order valence-electron chi connectivity index (χ0n) is 10.1. The third-order valence-corrected chi connectivity index (χ3v) is 2.21. The fraction of sp³-hybridized carbons (Fsp3) is 0.385. The van der Waals surface area contributed by atoms with E-state index in [9.17, 15) is 0 Å². The van der Waals surface area contributed by atoms with Crippen LogP contribution >= 0.6 is 0 Å². The van der Waals surface area contributed by atoms with Crippen molar-refractivity contribution in [2.75, 3.05) is 13.7 Å². The minimum atomic E-state index is 0.281. The number of unbranched alkanes of at least 4 members (excludes halogenated alkanes) is 1. The van der Waals surface area contributed by atoms with E-state index in [0.717, 1.165) is 24.2 Å². The van der Waals surface area contributed by atoms with Crippen molar-refractivity contribution in [1.82, 2.24) is 0 Å². The Bertz CT molecular complexity index is 404. The Morgan fingerprint density at radius 2 is 2.06 bits per heavy atom. The maximum atomic E-state index is 8.97. The highest BCUT2D eigenvalue weighted by Crippen LogP contribution is 2.12. The SMILES string of the molecule is CCCCO/N=C(/C#N)c1ccc(OC)cc1. The van der Waals surface area contributed by atoms with Gasteiger partial charge in [0, 0.05) is 5.56 Å². The molecule has 4 nitrogen and oxygen atoms in total. The van der Waals surface area contributed by atoms with Crippen LogP contribution in [0.15, 0.2) is 29.4 Å². The third-order valence-electron chi connectivity index (χ3n) is 2.21. The Morgan fingerprint density at radius 1 is 1.35 bits per heavy atom. The van der Waals surface area contributed by atoms with Gasteiger partial charge in [-0.25, -0.2) is 0 Å². The number of benzene rings is 1. The zero-order chi connectivity index (χ0) is 12.5. The molecule has 1 aromatic rings. The molecule has 0 aliphatic heterocycles. The number of oxime groups is 1. The van der Waals surface area contributed by atoms with E-state index >= 15 is 0 Å². The quantitative estimate of drug-likeness (QED) is 0.430. The van der Waals surface area contributed by atoms with E-state index in [2.05, 4.69) is 12.1 Å². The number of ether oxygens (including phenoxy) is 1. The van der Waals surface area contributed by atoms with Gasteiger partial charge in [0.15, 0.2) is 5.71 Å². The van der Waals surface area contributed by atoms with Gasteiger partial charge in [0.2, 0.25) is 0 Å². The number of nitrogens with zero attached hydrogens (tertiary/aromatic N) is 2. The Labute approximate surface area is 101 Å². The van der Waals surface area contributed by atoms with Crippen LogP contribution in [-0.2, 0) is 4.84 Å². The summed E-state index contributed by atoms with van der Waals surface area (Å²) in [6.07, 6.45) is 1.98. The zero-order valence-corrected chi connectivity index (χ0v) is 10.1. The van der Waals surface area contributed by atoms with Crippen molar-refractivity contribution < 1.29 is 9.57 Å². The molecule has 0 fully saturated rings. The van der Waals surface area contributed by atoms with E-state index in [-0.39, 0.29) is 5.71 Å². The fourth-order valence-corrected chi connectivity index (χ4v) is 1.21. The van der Waals surface area contributed by atoms with Crippen molar-refractivity contribution in [3.63, 3.8) is 0 Å². The normalized spacial score (nSPS) is 10.8. The highest BCUT2D eigenvalue weighted by Gasteiger charge is 2.03. The predicted molar refractivity (Wildman–Crippen MR) is 66.0 cm³/mol. The summed E-state index contributed by atoms with van der Waals surface area (Å²) in [5, 5.41) is 12.8. The molecule has 0 atom stereocenters. The van der Waals surface area contributed by atoms with Gasteiger partial charge in [-0.05, 0) is 30.7 Å². The molecule has 17 heavy (non-hydrogen) atoms. The average molecular weight is 232 g/mol. The van der Waals surface area contributed by atoms with Crippen molar-refractivity contribution in [3.8, 4) is 11.8 Å². The van der Waals surface area contributed by atoms with Crippen LogP contribution in [0.1, 0.15) is 25.3 Å². The van der Waals surface area contributed by atoms with Gasteiger partial charge in [0.05, 0.1) is 7.11 Å². The van der Waals surface area contributed by atoms with Crippen LogP contribution in [0, 0.1) is 11.3 Å². The van der Waals surface area contributed by atoms with Gasteiger partial charge in [-0.1, -0.05) is 18.5 Å². The number of hydrogen-bond acceptors (Lipinski definition) is 4. The van der Waals surface area contributed by atoms with Gasteiger partial charge in [-0.2, -0.15) is 5.26 Å². The lowest BCUT2D eigenvalue weighted by molar-refractivity contribution is 0.142. The van der Waals surface area contributed by atoms with Crippen molar-refractivity contribution in [2.45, 2.75) is 19.8 Å². The maximum Gasteiger partial charge on any atom is 0.186 e. The van der Waals surface area contributed by atoms with E-state index in [4.69, 9.17) is 14.8 Å². The molecule has 0 unspecified atom stereocenters. The molecular formula is C13H16N2O2. The molecule has 0 aromatic heterocycles. The van der Waals surface area contributed by atoms with Gasteiger partial charge >= 0.3 is 0 Å². The van der Waals surface area contributed by atoms with Crippen LogP contribution in [0.2, 0.25) is 0 Å². The highest BCUT2D eigenvalue weighted by molar-refractivity contribution is 6.11. The summed E-state index contributed by atoms with van der Waals surface area (Å²) in [5.74, 6) is 0.748. The summed E-state index contributed by atoms with van der Waals surface area (Å²) in [6.45, 7) is 2.61. The van der Waals surface area contributed by atoms with Crippen LogP contribution in [0.4, 0.5) is 0 Å². The smallest absolute Gasteiger partial charge is 0.186 e. The minimum absolute atomic E-state index is 0.281.